The third-order valence-electron chi connectivity index (χ3n) is 4.83. The quantitative estimate of drug-likeness (QED) is 0.556. The number of aliphatic carboxylic acids is 1. The molecule has 3 N–H and O–H groups in total. The fraction of sp³-hybridized carbons (Fsp3) is 0.333. The van der Waals surface area contributed by atoms with Gasteiger partial charge in [0.05, 0.1) is 21.7 Å². The van der Waals surface area contributed by atoms with E-state index in [4.69, 9.17) is 16.7 Å². The fourth-order valence-electron chi connectivity index (χ4n) is 3.26. The van der Waals surface area contributed by atoms with Crippen molar-refractivity contribution in [3.8, 4) is 0 Å². The van der Waals surface area contributed by atoms with Gasteiger partial charge in [-0.05, 0) is 49.2 Å². The molecule has 10 heteroatoms. The predicted molar refractivity (Wildman–Crippen MR) is 118 cm³/mol. The molecule has 3 amide bonds. The van der Waals surface area contributed by atoms with Crippen LogP contribution in [0.1, 0.15) is 45.7 Å². The molecule has 164 valence electrons. The van der Waals surface area contributed by atoms with Crippen LogP contribution in [-0.2, 0) is 9.59 Å². The Morgan fingerprint density at radius 3 is 2.45 bits per heavy atom. The number of hydrogen-bond donors (Lipinski definition) is 3. The summed E-state index contributed by atoms with van der Waals surface area (Å²) in [6, 6.07) is 8.96. The van der Waals surface area contributed by atoms with E-state index in [1.54, 1.807) is 41.3 Å². The molecule has 0 saturated carbocycles. The first-order valence-corrected chi connectivity index (χ1v) is 11.0. The number of amides is 3. The smallest absolute Gasteiger partial charge is 0.305 e. The van der Waals surface area contributed by atoms with Crippen molar-refractivity contribution in [3.63, 3.8) is 0 Å². The van der Waals surface area contributed by atoms with Gasteiger partial charge in [-0.1, -0.05) is 11.6 Å². The van der Waals surface area contributed by atoms with Gasteiger partial charge in [-0.2, -0.15) is 0 Å². The second-order valence-electron chi connectivity index (χ2n) is 7.13. The third-order valence-corrected chi connectivity index (χ3v) is 6.06. The molecule has 1 unspecified atom stereocenters. The van der Waals surface area contributed by atoms with Crippen LogP contribution in [0.4, 0.5) is 5.69 Å². The molecule has 0 spiro atoms. The van der Waals surface area contributed by atoms with Gasteiger partial charge in [0.25, 0.3) is 11.8 Å². The SMILES string of the molecule is O=C(O)CC(CNC(=O)c1ccc(Cl)s1)NC(=O)c1ccc(N2CCCCC2=O)cc1. The molecule has 2 aromatic rings. The highest BCUT2D eigenvalue weighted by Gasteiger charge is 2.21. The van der Waals surface area contributed by atoms with E-state index in [0.717, 1.165) is 29.9 Å². The first-order valence-electron chi connectivity index (χ1n) is 9.80. The van der Waals surface area contributed by atoms with Crippen LogP contribution >= 0.6 is 22.9 Å². The number of piperidine rings is 1. The summed E-state index contributed by atoms with van der Waals surface area (Å²) >= 11 is 6.93. The molecule has 31 heavy (non-hydrogen) atoms. The summed E-state index contributed by atoms with van der Waals surface area (Å²) in [7, 11) is 0. The molecule has 8 nitrogen and oxygen atoms in total. The Balaban J connectivity index is 1.61. The van der Waals surface area contributed by atoms with Gasteiger partial charge in [0.2, 0.25) is 5.91 Å². The van der Waals surface area contributed by atoms with E-state index in [2.05, 4.69) is 10.6 Å². The summed E-state index contributed by atoms with van der Waals surface area (Å²) in [5.41, 5.74) is 1.06. The van der Waals surface area contributed by atoms with E-state index in [0.29, 0.717) is 27.7 Å². The maximum absolute atomic E-state index is 12.6. The lowest BCUT2D eigenvalue weighted by atomic mass is 10.1. The molecular weight excluding hydrogens is 442 g/mol. The van der Waals surface area contributed by atoms with Crippen LogP contribution in [0.25, 0.3) is 0 Å². The van der Waals surface area contributed by atoms with Crippen LogP contribution in [0.15, 0.2) is 36.4 Å². The molecule has 1 atom stereocenters. The Bertz CT molecular complexity index is 976. The predicted octanol–water partition coefficient (Wildman–Crippen LogP) is 2.92. The lowest BCUT2D eigenvalue weighted by Gasteiger charge is -2.26. The summed E-state index contributed by atoms with van der Waals surface area (Å²) in [5, 5.41) is 14.4. The van der Waals surface area contributed by atoms with E-state index in [9.17, 15) is 19.2 Å². The van der Waals surface area contributed by atoms with Gasteiger partial charge >= 0.3 is 5.97 Å². The highest BCUT2D eigenvalue weighted by Crippen LogP contribution is 2.22. The minimum atomic E-state index is -1.10. The Kier molecular flexibility index (Phi) is 7.64. The van der Waals surface area contributed by atoms with Crippen molar-refractivity contribution in [3.05, 3.63) is 51.2 Å². The highest BCUT2D eigenvalue weighted by atomic mass is 35.5. The van der Waals surface area contributed by atoms with Crippen LogP contribution in [0, 0.1) is 0 Å². The minimum absolute atomic E-state index is 0.0489. The Labute approximate surface area is 188 Å². The molecule has 1 saturated heterocycles. The van der Waals surface area contributed by atoms with Gasteiger partial charge in [0.15, 0.2) is 0 Å². The number of carboxylic acids is 1. The number of benzene rings is 1. The van der Waals surface area contributed by atoms with Gasteiger partial charge in [0.1, 0.15) is 0 Å². The van der Waals surface area contributed by atoms with Crippen molar-refractivity contribution in [1.29, 1.82) is 0 Å². The zero-order valence-electron chi connectivity index (χ0n) is 16.6. The first kappa shape index (κ1) is 22.8. The van der Waals surface area contributed by atoms with Crippen molar-refractivity contribution >= 4 is 52.3 Å². The Morgan fingerprint density at radius 1 is 1.10 bits per heavy atom. The molecule has 0 bridgehead atoms. The summed E-state index contributed by atoms with van der Waals surface area (Å²) in [4.78, 5) is 50.1. The van der Waals surface area contributed by atoms with Crippen LogP contribution in [0.3, 0.4) is 0 Å². The fourth-order valence-corrected chi connectivity index (χ4v) is 4.22. The van der Waals surface area contributed by atoms with Crippen LogP contribution < -0.4 is 15.5 Å². The van der Waals surface area contributed by atoms with E-state index >= 15 is 0 Å². The average molecular weight is 464 g/mol. The molecule has 1 fully saturated rings. The molecule has 0 aliphatic carbocycles. The van der Waals surface area contributed by atoms with Crippen molar-refractivity contribution in [2.45, 2.75) is 31.7 Å². The molecule has 2 heterocycles. The summed E-state index contributed by atoms with van der Waals surface area (Å²) in [5.74, 6) is -1.89. The number of nitrogens with zero attached hydrogens (tertiary/aromatic N) is 1. The molecule has 3 rings (SSSR count). The third kappa shape index (κ3) is 6.28. The minimum Gasteiger partial charge on any atom is -0.481 e. The number of rotatable bonds is 8. The monoisotopic (exact) mass is 463 g/mol. The molecule has 1 aromatic carbocycles. The first-order chi connectivity index (χ1) is 14.8. The van der Waals surface area contributed by atoms with Crippen molar-refractivity contribution in [2.75, 3.05) is 18.0 Å². The van der Waals surface area contributed by atoms with E-state index in [1.807, 2.05) is 0 Å². The van der Waals surface area contributed by atoms with E-state index in [-0.39, 0.29) is 18.9 Å². The van der Waals surface area contributed by atoms with Crippen molar-refractivity contribution in [1.82, 2.24) is 10.6 Å². The average Bonchev–Trinajstić information content (AvgIpc) is 3.18. The number of carbonyl (C=O) groups excluding carboxylic acids is 3. The second-order valence-corrected chi connectivity index (χ2v) is 8.85. The zero-order valence-corrected chi connectivity index (χ0v) is 18.2. The lowest BCUT2D eigenvalue weighted by molar-refractivity contribution is -0.137. The number of nitrogens with one attached hydrogen (secondary N) is 2. The topological polar surface area (TPSA) is 116 Å². The Morgan fingerprint density at radius 2 is 1.84 bits per heavy atom. The maximum Gasteiger partial charge on any atom is 0.305 e. The number of carboxylic acid groups (broad SMARTS) is 1. The van der Waals surface area contributed by atoms with Crippen LogP contribution in [0.5, 0.6) is 0 Å². The van der Waals surface area contributed by atoms with E-state index < -0.39 is 23.8 Å². The standard InChI is InChI=1S/C21H22ClN3O5S/c22-17-9-8-16(31-17)21(30)23-12-14(11-19(27)28)24-20(29)13-4-6-15(7-5-13)25-10-2-1-3-18(25)26/h4-9,14H,1-3,10-12H2,(H,23,30)(H,24,29)(H,27,28). The number of halogens is 1. The normalized spacial score (nSPS) is 14.7. The number of hydrogen-bond acceptors (Lipinski definition) is 5. The molecule has 0 radical (unpaired) electrons. The van der Waals surface area contributed by atoms with Crippen LogP contribution in [0.2, 0.25) is 4.34 Å². The van der Waals surface area contributed by atoms with Gasteiger partial charge < -0.3 is 20.6 Å². The zero-order chi connectivity index (χ0) is 22.4. The van der Waals surface area contributed by atoms with Crippen molar-refractivity contribution < 1.29 is 24.3 Å². The second kappa shape index (κ2) is 10.4. The Hall–Kier alpha value is -2.91. The molecule has 1 aliphatic heterocycles. The summed E-state index contributed by atoms with van der Waals surface area (Å²) in [6.07, 6.45) is 1.99. The van der Waals surface area contributed by atoms with Gasteiger partial charge in [-0.3, -0.25) is 19.2 Å². The van der Waals surface area contributed by atoms with Crippen LogP contribution in [-0.4, -0.2) is 47.9 Å². The number of thiophene rings is 1. The number of carbonyl (C=O) groups is 4. The number of anilines is 1. The molecule has 1 aromatic heterocycles. The molecular formula is C21H22ClN3O5S. The lowest BCUT2D eigenvalue weighted by Crippen LogP contribution is -2.44. The largest absolute Gasteiger partial charge is 0.481 e. The van der Waals surface area contributed by atoms with Gasteiger partial charge in [-0.25, -0.2) is 0 Å². The maximum atomic E-state index is 12.6. The van der Waals surface area contributed by atoms with E-state index in [1.165, 1.54) is 0 Å². The van der Waals surface area contributed by atoms with Gasteiger partial charge in [0, 0.05) is 30.8 Å². The van der Waals surface area contributed by atoms with Gasteiger partial charge in [-0.15, -0.1) is 11.3 Å². The van der Waals surface area contributed by atoms with Crippen molar-refractivity contribution in [2.24, 2.45) is 0 Å². The highest BCUT2D eigenvalue weighted by molar-refractivity contribution is 7.18. The summed E-state index contributed by atoms with van der Waals surface area (Å²) in [6.45, 7) is 0.604. The molecule has 1 aliphatic rings. The summed E-state index contributed by atoms with van der Waals surface area (Å²) < 4.78 is 0.468.